The predicted octanol–water partition coefficient (Wildman–Crippen LogP) is 4.17. The molecule has 5 heteroatoms. The first-order valence-corrected chi connectivity index (χ1v) is 7.94. The highest BCUT2D eigenvalue weighted by molar-refractivity contribution is 8.10. The van der Waals surface area contributed by atoms with Crippen molar-refractivity contribution in [3.63, 3.8) is 0 Å². The van der Waals surface area contributed by atoms with Gasteiger partial charge >= 0.3 is 7.60 Å². The quantitative estimate of drug-likeness (QED) is 0.696. The van der Waals surface area contributed by atoms with E-state index in [-0.39, 0.29) is 12.2 Å². The van der Waals surface area contributed by atoms with Gasteiger partial charge in [-0.15, -0.1) is 11.8 Å². The van der Waals surface area contributed by atoms with Crippen LogP contribution in [-0.2, 0) is 13.6 Å². The van der Waals surface area contributed by atoms with E-state index < -0.39 is 7.60 Å². The lowest BCUT2D eigenvalue weighted by Gasteiger charge is -2.25. The van der Waals surface area contributed by atoms with Crippen LogP contribution in [0.2, 0.25) is 0 Å². The molecule has 0 aliphatic carbocycles. The first-order valence-electron chi connectivity index (χ1n) is 5.41. The summed E-state index contributed by atoms with van der Waals surface area (Å²) in [7, 11) is -3.13. The molecule has 92 valence electrons. The van der Waals surface area contributed by atoms with Gasteiger partial charge < -0.3 is 9.05 Å². The van der Waals surface area contributed by atoms with Gasteiger partial charge in [0.15, 0.2) is 0 Å². The van der Waals surface area contributed by atoms with Gasteiger partial charge in [-0.25, -0.2) is 0 Å². The molecule has 0 radical (unpaired) electrons. The summed E-state index contributed by atoms with van der Waals surface area (Å²) in [5.41, 5.74) is 0. The average Bonchev–Trinajstić information content (AvgIpc) is 2.16. The molecule has 0 aromatic rings. The smallest absolute Gasteiger partial charge is 0.302 e. The van der Waals surface area contributed by atoms with Gasteiger partial charge in [-0.2, -0.15) is 0 Å². The standard InChI is InChI=1S/C11H19O3PS/c1-9(2)13-15(12,14-10(3)4)11-7-5-6-8-16-11/h5-7,9-10H,8H2,1-4H3. The van der Waals surface area contributed by atoms with Crippen molar-refractivity contribution in [3.8, 4) is 0 Å². The van der Waals surface area contributed by atoms with Crippen LogP contribution >= 0.6 is 19.4 Å². The van der Waals surface area contributed by atoms with Crippen LogP contribution in [-0.4, -0.2) is 18.0 Å². The average molecular weight is 262 g/mol. The van der Waals surface area contributed by atoms with E-state index in [4.69, 9.17) is 9.05 Å². The third-order valence-electron chi connectivity index (χ3n) is 1.67. The van der Waals surface area contributed by atoms with Crippen molar-refractivity contribution in [2.75, 3.05) is 5.75 Å². The van der Waals surface area contributed by atoms with Gasteiger partial charge in [0.1, 0.15) is 0 Å². The fraction of sp³-hybridized carbons (Fsp3) is 0.636. The Hall–Kier alpha value is -0.0200. The van der Waals surface area contributed by atoms with Crippen molar-refractivity contribution in [1.82, 2.24) is 0 Å². The zero-order valence-corrected chi connectivity index (χ0v) is 11.9. The van der Waals surface area contributed by atoms with E-state index >= 15 is 0 Å². The molecule has 0 unspecified atom stereocenters. The van der Waals surface area contributed by atoms with Gasteiger partial charge in [0.2, 0.25) is 0 Å². The summed E-state index contributed by atoms with van der Waals surface area (Å²) >= 11 is 1.52. The van der Waals surface area contributed by atoms with E-state index in [1.54, 1.807) is 0 Å². The van der Waals surface area contributed by atoms with Crippen molar-refractivity contribution >= 4 is 19.4 Å². The molecule has 0 N–H and O–H groups in total. The van der Waals surface area contributed by atoms with Gasteiger partial charge in [-0.05, 0) is 33.8 Å². The Bertz CT molecular complexity index is 320. The van der Waals surface area contributed by atoms with Crippen molar-refractivity contribution in [2.24, 2.45) is 0 Å². The van der Waals surface area contributed by atoms with Crippen molar-refractivity contribution in [1.29, 1.82) is 0 Å². The molecule has 1 aliphatic heterocycles. The molecule has 0 bridgehead atoms. The van der Waals surface area contributed by atoms with E-state index in [0.717, 1.165) is 5.75 Å². The minimum Gasteiger partial charge on any atom is -0.302 e. The van der Waals surface area contributed by atoms with Gasteiger partial charge in [-0.1, -0.05) is 12.2 Å². The Morgan fingerprint density at radius 1 is 1.25 bits per heavy atom. The molecule has 0 aromatic heterocycles. The Balaban J connectivity index is 2.89. The fourth-order valence-corrected chi connectivity index (χ4v) is 4.55. The topological polar surface area (TPSA) is 35.5 Å². The second-order valence-corrected chi connectivity index (χ2v) is 7.31. The highest BCUT2D eigenvalue weighted by Gasteiger charge is 2.33. The lowest BCUT2D eigenvalue weighted by atomic mass is 10.5. The molecule has 3 nitrogen and oxygen atoms in total. The summed E-state index contributed by atoms with van der Waals surface area (Å²) in [6.07, 6.45) is 5.50. The highest BCUT2D eigenvalue weighted by Crippen LogP contribution is 2.62. The van der Waals surface area contributed by atoms with Crippen LogP contribution < -0.4 is 0 Å². The summed E-state index contributed by atoms with van der Waals surface area (Å²) in [5, 5.41) is 0. The SMILES string of the molecule is CC(C)OP(=O)(OC(C)C)C1=CC=CCS1. The second kappa shape index (κ2) is 6.06. The van der Waals surface area contributed by atoms with Crippen LogP contribution in [0.15, 0.2) is 22.9 Å². The third kappa shape index (κ3) is 4.10. The highest BCUT2D eigenvalue weighted by atomic mass is 32.2. The molecule has 0 fully saturated rings. The normalized spacial score (nSPS) is 17.0. The molecule has 0 spiro atoms. The zero-order chi connectivity index (χ0) is 12.2. The molecule has 0 atom stereocenters. The maximum absolute atomic E-state index is 12.6. The van der Waals surface area contributed by atoms with Gasteiger partial charge in [0, 0.05) is 5.75 Å². The summed E-state index contributed by atoms with van der Waals surface area (Å²) in [6.45, 7) is 7.45. The number of allylic oxidation sites excluding steroid dienone is 2. The van der Waals surface area contributed by atoms with Crippen LogP contribution in [0.1, 0.15) is 27.7 Å². The Morgan fingerprint density at radius 3 is 2.19 bits per heavy atom. The Labute approximate surface area is 102 Å². The minimum atomic E-state index is -3.13. The number of hydrogen-bond acceptors (Lipinski definition) is 4. The molecule has 0 aromatic carbocycles. The fourth-order valence-electron chi connectivity index (χ4n) is 1.24. The number of rotatable bonds is 5. The van der Waals surface area contributed by atoms with Crippen molar-refractivity contribution < 1.29 is 13.6 Å². The minimum absolute atomic E-state index is 0.114. The molecule has 16 heavy (non-hydrogen) atoms. The molecule has 1 heterocycles. The van der Waals surface area contributed by atoms with Crippen molar-refractivity contribution in [3.05, 3.63) is 22.9 Å². The largest absolute Gasteiger partial charge is 0.368 e. The summed E-state index contributed by atoms with van der Waals surface area (Å²) in [4.78, 5) is 0. The van der Waals surface area contributed by atoms with E-state index in [9.17, 15) is 4.57 Å². The molecule has 0 amide bonds. The molecule has 0 saturated heterocycles. The van der Waals surface area contributed by atoms with Crippen LogP contribution in [0.5, 0.6) is 0 Å². The zero-order valence-electron chi connectivity index (χ0n) is 10.2. The first kappa shape index (κ1) is 14.0. The molecule has 1 aliphatic rings. The third-order valence-corrected chi connectivity index (χ3v) is 5.61. The molecular formula is C11H19O3PS. The lowest BCUT2D eigenvalue weighted by Crippen LogP contribution is -2.09. The summed E-state index contributed by atoms with van der Waals surface area (Å²) in [5.74, 6) is 0.818. The monoisotopic (exact) mass is 262 g/mol. The molecule has 1 rings (SSSR count). The van der Waals surface area contributed by atoms with Gasteiger partial charge in [-0.3, -0.25) is 4.57 Å². The van der Waals surface area contributed by atoms with Crippen LogP contribution in [0, 0.1) is 0 Å². The predicted molar refractivity (Wildman–Crippen MR) is 69.7 cm³/mol. The van der Waals surface area contributed by atoms with Crippen LogP contribution in [0.3, 0.4) is 0 Å². The van der Waals surface area contributed by atoms with Gasteiger partial charge in [0.05, 0.1) is 16.9 Å². The maximum atomic E-state index is 12.6. The lowest BCUT2D eigenvalue weighted by molar-refractivity contribution is 0.148. The van der Waals surface area contributed by atoms with E-state index in [2.05, 4.69) is 0 Å². The van der Waals surface area contributed by atoms with Gasteiger partial charge in [0.25, 0.3) is 0 Å². The second-order valence-electron chi connectivity index (χ2n) is 4.05. The number of thioether (sulfide) groups is 1. The summed E-state index contributed by atoms with van der Waals surface area (Å²) in [6, 6.07) is 0. The van der Waals surface area contributed by atoms with Crippen molar-refractivity contribution in [2.45, 2.75) is 39.9 Å². The molecular weight excluding hydrogens is 243 g/mol. The first-order chi connectivity index (χ1) is 7.44. The maximum Gasteiger partial charge on any atom is 0.368 e. The Kier molecular flexibility index (Phi) is 5.32. The van der Waals surface area contributed by atoms with E-state index in [1.165, 1.54) is 11.8 Å². The van der Waals surface area contributed by atoms with Crippen LogP contribution in [0.4, 0.5) is 0 Å². The molecule has 0 saturated carbocycles. The summed E-state index contributed by atoms with van der Waals surface area (Å²) < 4.78 is 24.3. The van der Waals surface area contributed by atoms with E-state index in [0.29, 0.717) is 4.65 Å². The van der Waals surface area contributed by atoms with Crippen LogP contribution in [0.25, 0.3) is 0 Å². The Morgan fingerprint density at radius 2 is 1.81 bits per heavy atom. The number of hydrogen-bond donors (Lipinski definition) is 0. The van der Waals surface area contributed by atoms with E-state index in [1.807, 2.05) is 45.9 Å².